The van der Waals surface area contributed by atoms with Crippen molar-refractivity contribution in [2.45, 2.75) is 113 Å². The Labute approximate surface area is 214 Å². The smallest absolute Gasteiger partial charge is 0.312 e. The second-order valence-electron chi connectivity index (χ2n) is 15.5. The third-order valence-electron chi connectivity index (χ3n) is 13.9. The van der Waals surface area contributed by atoms with Crippen LogP contribution in [0.15, 0.2) is 0 Å². The van der Waals surface area contributed by atoms with Crippen LogP contribution in [0, 0.1) is 68.5 Å². The maximum atomic E-state index is 13.4. The first-order chi connectivity index (χ1) is 16.2. The maximum absolute atomic E-state index is 13.4. The van der Waals surface area contributed by atoms with Crippen LogP contribution < -0.4 is 0 Å². The number of methoxy groups -OCH3 is 1. The number of fused-ring (bicyclic) bond motifs is 7. The van der Waals surface area contributed by atoms with Crippen molar-refractivity contribution in [3.63, 3.8) is 0 Å². The monoisotopic (exact) mass is 484 g/mol. The lowest BCUT2D eigenvalue weighted by molar-refractivity contribution is -0.240. The zero-order valence-corrected chi connectivity index (χ0v) is 24.1. The lowest BCUT2D eigenvalue weighted by atomic mass is 9.32. The Morgan fingerprint density at radius 1 is 0.886 bits per heavy atom. The molecule has 10 atom stereocenters. The van der Waals surface area contributed by atoms with Gasteiger partial charge in [0.25, 0.3) is 0 Å². The number of esters is 1. The van der Waals surface area contributed by atoms with Gasteiger partial charge in [-0.25, -0.2) is 0 Å². The summed E-state index contributed by atoms with van der Waals surface area (Å²) in [4.78, 5) is 26.7. The summed E-state index contributed by atoms with van der Waals surface area (Å²) in [5.74, 6) is 4.18. The largest absolute Gasteiger partial charge is 0.469 e. The number of carbonyl (C=O) groups excluding carboxylic acids is 2. The second-order valence-corrected chi connectivity index (χ2v) is 15.5. The molecule has 3 nitrogen and oxygen atoms in total. The lowest BCUT2D eigenvalue weighted by Crippen LogP contribution is -2.67. The zero-order valence-electron chi connectivity index (χ0n) is 24.1. The number of ketones is 1. The minimum atomic E-state index is -0.258. The molecule has 0 radical (unpaired) electrons. The van der Waals surface area contributed by atoms with Gasteiger partial charge in [-0.15, -0.1) is 0 Å². The Morgan fingerprint density at radius 2 is 1.57 bits per heavy atom. The molecule has 5 aliphatic rings. The maximum Gasteiger partial charge on any atom is 0.312 e. The van der Waals surface area contributed by atoms with E-state index in [2.05, 4.69) is 55.4 Å². The number of ether oxygens (including phenoxy) is 1. The van der Waals surface area contributed by atoms with Gasteiger partial charge in [0.1, 0.15) is 5.78 Å². The van der Waals surface area contributed by atoms with Crippen molar-refractivity contribution >= 4 is 11.8 Å². The van der Waals surface area contributed by atoms with Crippen LogP contribution in [-0.4, -0.2) is 18.9 Å². The van der Waals surface area contributed by atoms with Crippen LogP contribution >= 0.6 is 0 Å². The van der Waals surface area contributed by atoms with Gasteiger partial charge < -0.3 is 4.74 Å². The summed E-state index contributed by atoms with van der Waals surface area (Å²) in [5.41, 5.74) is 0.266. The fourth-order valence-corrected chi connectivity index (χ4v) is 12.3. The van der Waals surface area contributed by atoms with Gasteiger partial charge >= 0.3 is 5.97 Å². The number of hydrogen-bond donors (Lipinski definition) is 0. The summed E-state index contributed by atoms with van der Waals surface area (Å²) in [6.45, 7) is 19.3. The van der Waals surface area contributed by atoms with Crippen LogP contribution in [0.5, 0.6) is 0 Å². The summed E-state index contributed by atoms with van der Waals surface area (Å²) in [6.07, 6.45) is 10.3. The van der Waals surface area contributed by atoms with Gasteiger partial charge in [-0.1, -0.05) is 55.4 Å². The molecular formula is C32H52O3. The highest BCUT2D eigenvalue weighted by molar-refractivity contribution is 5.87. The molecule has 0 amide bonds. The first kappa shape index (κ1) is 25.8. The molecule has 0 aromatic heterocycles. The molecule has 5 rings (SSSR count). The third-order valence-corrected chi connectivity index (χ3v) is 13.9. The van der Waals surface area contributed by atoms with Gasteiger partial charge in [-0.05, 0) is 110 Å². The number of carbonyl (C=O) groups is 2. The van der Waals surface area contributed by atoms with E-state index in [4.69, 9.17) is 4.74 Å². The Bertz CT molecular complexity index is 904. The Morgan fingerprint density at radius 3 is 2.20 bits per heavy atom. The van der Waals surface area contributed by atoms with E-state index in [-0.39, 0.29) is 39.0 Å². The lowest BCUT2D eigenvalue weighted by Gasteiger charge is -2.72. The summed E-state index contributed by atoms with van der Waals surface area (Å²) < 4.78 is 5.53. The molecular weight excluding hydrogens is 432 g/mol. The summed E-state index contributed by atoms with van der Waals surface area (Å²) in [5, 5.41) is 0. The molecule has 5 fully saturated rings. The Kier molecular flexibility index (Phi) is 5.76. The highest BCUT2D eigenvalue weighted by atomic mass is 16.5. The Balaban J connectivity index is 1.57. The molecule has 0 bridgehead atoms. The van der Waals surface area contributed by atoms with Crippen LogP contribution in [0.3, 0.4) is 0 Å². The molecule has 0 saturated heterocycles. The SMILES string of the molecule is COC(=O)C12CCC(C(C)C)C1C1CCC3C4(C)CC(C)C(=O)C(C)(C)C4CCC3(C)[C@]1(C)CC2. The predicted molar refractivity (Wildman–Crippen MR) is 141 cm³/mol. The molecule has 5 aliphatic carbocycles. The highest BCUT2D eigenvalue weighted by Crippen LogP contribution is 2.77. The fourth-order valence-electron chi connectivity index (χ4n) is 12.3. The van der Waals surface area contributed by atoms with Crippen LogP contribution in [-0.2, 0) is 14.3 Å². The van der Waals surface area contributed by atoms with Crippen molar-refractivity contribution in [2.24, 2.45) is 68.5 Å². The van der Waals surface area contributed by atoms with Crippen molar-refractivity contribution in [3.8, 4) is 0 Å². The van der Waals surface area contributed by atoms with Gasteiger partial charge in [-0.2, -0.15) is 0 Å². The van der Waals surface area contributed by atoms with Crippen LogP contribution in [0.25, 0.3) is 0 Å². The summed E-state index contributed by atoms with van der Waals surface area (Å²) >= 11 is 0. The van der Waals surface area contributed by atoms with E-state index in [1.807, 2.05) is 0 Å². The van der Waals surface area contributed by atoms with E-state index >= 15 is 0 Å². The van der Waals surface area contributed by atoms with Crippen molar-refractivity contribution in [2.75, 3.05) is 7.11 Å². The number of Topliss-reactive ketones (excluding diaryl/α,β-unsaturated/α-hetero) is 1. The summed E-state index contributed by atoms with van der Waals surface area (Å²) in [6, 6.07) is 0. The summed E-state index contributed by atoms with van der Waals surface area (Å²) in [7, 11) is 1.61. The fraction of sp³-hybridized carbons (Fsp3) is 0.938. The van der Waals surface area contributed by atoms with Crippen LogP contribution in [0.2, 0.25) is 0 Å². The molecule has 0 heterocycles. The van der Waals surface area contributed by atoms with Gasteiger partial charge in [-0.3, -0.25) is 9.59 Å². The topological polar surface area (TPSA) is 43.4 Å². The number of hydrogen-bond acceptors (Lipinski definition) is 3. The molecule has 3 heteroatoms. The predicted octanol–water partition coefficient (Wildman–Crippen LogP) is 7.71. The molecule has 35 heavy (non-hydrogen) atoms. The van der Waals surface area contributed by atoms with E-state index in [9.17, 15) is 9.59 Å². The van der Waals surface area contributed by atoms with E-state index in [1.165, 1.54) is 32.1 Å². The normalized spacial score (nSPS) is 52.8. The second kappa shape index (κ2) is 7.83. The van der Waals surface area contributed by atoms with Crippen molar-refractivity contribution < 1.29 is 14.3 Å². The molecule has 9 unspecified atom stereocenters. The standard InChI is InChI=1S/C32H52O3/c1-19(2)21-12-15-32(27(34)35-9)17-16-30(7)22(25(21)32)10-11-24-29(6)18-20(3)26(33)28(4,5)23(29)13-14-31(24,30)8/h19-25H,10-18H2,1-9H3/t20?,21?,22?,23?,24?,25?,29?,30-,31?,32?/m1/s1. The van der Waals surface area contributed by atoms with Crippen molar-refractivity contribution in [1.82, 2.24) is 0 Å². The Hall–Kier alpha value is -0.860. The first-order valence-electron chi connectivity index (χ1n) is 14.8. The molecule has 0 aromatic rings. The highest BCUT2D eigenvalue weighted by Gasteiger charge is 2.72. The van der Waals surface area contributed by atoms with E-state index < -0.39 is 0 Å². The molecule has 0 spiro atoms. The van der Waals surface area contributed by atoms with Gasteiger partial charge in [0.05, 0.1) is 12.5 Å². The van der Waals surface area contributed by atoms with Gasteiger partial charge in [0.15, 0.2) is 0 Å². The van der Waals surface area contributed by atoms with Crippen molar-refractivity contribution in [3.05, 3.63) is 0 Å². The average molecular weight is 485 g/mol. The van der Waals surface area contributed by atoms with Crippen LogP contribution in [0.4, 0.5) is 0 Å². The molecule has 0 N–H and O–H groups in total. The van der Waals surface area contributed by atoms with E-state index in [1.54, 1.807) is 7.11 Å². The molecule has 0 aromatic carbocycles. The van der Waals surface area contributed by atoms with Gasteiger partial charge in [0, 0.05) is 11.3 Å². The molecule has 198 valence electrons. The number of rotatable bonds is 2. The quantitative estimate of drug-likeness (QED) is 0.377. The minimum Gasteiger partial charge on any atom is -0.469 e. The molecule has 0 aliphatic heterocycles. The van der Waals surface area contributed by atoms with E-state index in [0.717, 1.165) is 25.7 Å². The van der Waals surface area contributed by atoms with Gasteiger partial charge in [0.2, 0.25) is 0 Å². The molecule has 5 saturated carbocycles. The van der Waals surface area contributed by atoms with E-state index in [0.29, 0.717) is 41.3 Å². The zero-order chi connectivity index (χ0) is 25.8. The van der Waals surface area contributed by atoms with Crippen molar-refractivity contribution in [1.29, 1.82) is 0 Å². The average Bonchev–Trinajstić information content (AvgIpc) is 3.18. The first-order valence-corrected chi connectivity index (χ1v) is 14.8. The minimum absolute atomic E-state index is 0.0806. The van der Waals surface area contributed by atoms with Crippen LogP contribution in [0.1, 0.15) is 113 Å². The third kappa shape index (κ3) is 3.02.